The zero-order valence-corrected chi connectivity index (χ0v) is 8.32. The van der Waals surface area contributed by atoms with Gasteiger partial charge < -0.3 is 9.84 Å². The number of carbonyl (C=O) groups excluding carboxylic acids is 1. The molecule has 1 rings (SSSR count). The first-order valence-corrected chi connectivity index (χ1v) is 4.38. The van der Waals surface area contributed by atoms with Gasteiger partial charge in [-0.05, 0) is 12.1 Å². The van der Waals surface area contributed by atoms with Crippen LogP contribution in [0.25, 0.3) is 0 Å². The van der Waals surface area contributed by atoms with Crippen molar-refractivity contribution in [1.82, 2.24) is 0 Å². The van der Waals surface area contributed by atoms with E-state index in [1.807, 2.05) is 0 Å². The van der Waals surface area contributed by atoms with E-state index in [1.54, 1.807) is 0 Å². The van der Waals surface area contributed by atoms with Crippen molar-refractivity contribution in [2.24, 2.45) is 0 Å². The Hall–Kier alpha value is -2.05. The molecule has 1 aromatic rings. The van der Waals surface area contributed by atoms with Crippen LogP contribution >= 0.6 is 0 Å². The molecule has 0 spiro atoms. The molecule has 0 atom stereocenters. The van der Waals surface area contributed by atoms with Gasteiger partial charge in [0.1, 0.15) is 11.6 Å². The Balaban J connectivity index is 3.17. The van der Waals surface area contributed by atoms with Crippen LogP contribution in [0.15, 0.2) is 12.1 Å². The Labute approximate surface area is 93.6 Å². The lowest BCUT2D eigenvalue weighted by atomic mass is 10.1. The average molecular weight is 248 g/mol. The third-order valence-corrected chi connectivity index (χ3v) is 1.84. The van der Waals surface area contributed by atoms with Gasteiger partial charge in [0.2, 0.25) is 0 Å². The van der Waals surface area contributed by atoms with Crippen LogP contribution in [0.5, 0.6) is 5.75 Å². The Bertz CT molecular complexity index is 445. The molecule has 0 aromatic heterocycles. The Morgan fingerprint density at radius 1 is 1.47 bits per heavy atom. The molecule has 0 aliphatic rings. The molecular weight excluding hydrogens is 241 g/mol. The SMILES string of the molecule is O=Cc1cc(OC(F)F)cc(CC(=O)O)c1F. The number of aldehydes is 1. The topological polar surface area (TPSA) is 63.6 Å². The van der Waals surface area contributed by atoms with Crippen molar-refractivity contribution in [2.75, 3.05) is 0 Å². The maximum Gasteiger partial charge on any atom is 0.387 e. The van der Waals surface area contributed by atoms with Crippen LogP contribution in [0.3, 0.4) is 0 Å². The summed E-state index contributed by atoms with van der Waals surface area (Å²) in [5.41, 5.74) is -0.919. The number of benzene rings is 1. The van der Waals surface area contributed by atoms with Crippen molar-refractivity contribution < 1.29 is 32.6 Å². The number of halogens is 3. The highest BCUT2D eigenvalue weighted by molar-refractivity contribution is 5.78. The quantitative estimate of drug-likeness (QED) is 0.808. The number of hydrogen-bond acceptors (Lipinski definition) is 3. The molecule has 1 aromatic carbocycles. The standard InChI is InChI=1S/C10H7F3O4/c11-9-5(3-8(15)16)1-7(17-10(12)13)2-6(9)4-14/h1-2,4,10H,3H2,(H,15,16). The fourth-order valence-corrected chi connectivity index (χ4v) is 1.23. The van der Waals surface area contributed by atoms with Gasteiger partial charge in [-0.25, -0.2) is 4.39 Å². The fraction of sp³-hybridized carbons (Fsp3) is 0.200. The van der Waals surface area contributed by atoms with Crippen LogP contribution in [-0.4, -0.2) is 24.0 Å². The predicted octanol–water partition coefficient (Wildman–Crippen LogP) is 1.87. The van der Waals surface area contributed by atoms with Crippen LogP contribution in [-0.2, 0) is 11.2 Å². The minimum absolute atomic E-state index is 0.0962. The molecule has 0 heterocycles. The summed E-state index contributed by atoms with van der Waals surface area (Å²) in [5.74, 6) is -2.86. The van der Waals surface area contributed by atoms with Gasteiger partial charge in [0.25, 0.3) is 0 Å². The highest BCUT2D eigenvalue weighted by Gasteiger charge is 2.15. The number of hydrogen-bond donors (Lipinski definition) is 1. The second kappa shape index (κ2) is 5.33. The van der Waals surface area contributed by atoms with Crippen LogP contribution in [0, 0.1) is 5.82 Å². The summed E-state index contributed by atoms with van der Waals surface area (Å²) >= 11 is 0. The van der Waals surface area contributed by atoms with E-state index in [0.717, 1.165) is 12.1 Å². The van der Waals surface area contributed by atoms with Crippen LogP contribution < -0.4 is 4.74 Å². The first kappa shape index (κ1) is 13.0. The maximum absolute atomic E-state index is 13.4. The lowest BCUT2D eigenvalue weighted by Crippen LogP contribution is -2.08. The normalized spacial score (nSPS) is 10.4. The highest BCUT2D eigenvalue weighted by atomic mass is 19.3. The van der Waals surface area contributed by atoms with Gasteiger partial charge in [-0.2, -0.15) is 8.78 Å². The molecule has 0 fully saturated rings. The van der Waals surface area contributed by atoms with E-state index in [-0.39, 0.29) is 6.29 Å². The molecule has 0 aliphatic heterocycles. The summed E-state index contributed by atoms with van der Waals surface area (Å²) in [4.78, 5) is 20.9. The fourth-order valence-electron chi connectivity index (χ4n) is 1.23. The van der Waals surface area contributed by atoms with E-state index in [9.17, 15) is 22.8 Å². The number of alkyl halides is 2. The zero-order valence-electron chi connectivity index (χ0n) is 8.32. The van der Waals surface area contributed by atoms with E-state index in [2.05, 4.69) is 4.74 Å². The number of rotatable bonds is 5. The minimum atomic E-state index is -3.14. The molecule has 1 N–H and O–H groups in total. The summed E-state index contributed by atoms with van der Waals surface area (Å²) in [6.45, 7) is -3.14. The lowest BCUT2D eigenvalue weighted by molar-refractivity contribution is -0.136. The molecule has 0 bridgehead atoms. The van der Waals surface area contributed by atoms with Gasteiger partial charge in [0.15, 0.2) is 6.29 Å². The lowest BCUT2D eigenvalue weighted by Gasteiger charge is -2.08. The molecular formula is C10H7F3O4. The molecule has 4 nitrogen and oxygen atoms in total. The first-order chi connectivity index (χ1) is 7.93. The van der Waals surface area contributed by atoms with E-state index in [0.29, 0.717) is 0 Å². The van der Waals surface area contributed by atoms with Gasteiger partial charge in [-0.15, -0.1) is 0 Å². The summed E-state index contributed by atoms with van der Waals surface area (Å²) in [5, 5.41) is 8.48. The van der Waals surface area contributed by atoms with Crippen molar-refractivity contribution in [1.29, 1.82) is 0 Å². The Morgan fingerprint density at radius 2 is 2.12 bits per heavy atom. The van der Waals surface area contributed by atoms with Crippen molar-refractivity contribution in [3.05, 3.63) is 29.1 Å². The number of ether oxygens (including phenoxy) is 1. The molecule has 0 aliphatic carbocycles. The van der Waals surface area contributed by atoms with E-state index in [4.69, 9.17) is 5.11 Å². The largest absolute Gasteiger partial charge is 0.481 e. The molecule has 7 heteroatoms. The van der Waals surface area contributed by atoms with E-state index >= 15 is 0 Å². The third kappa shape index (κ3) is 3.47. The number of carboxylic acid groups (broad SMARTS) is 1. The Morgan fingerprint density at radius 3 is 2.59 bits per heavy atom. The number of aliphatic carboxylic acids is 1. The summed E-state index contributed by atoms with van der Waals surface area (Å²) < 4.78 is 41.3. The molecule has 0 saturated carbocycles. The van der Waals surface area contributed by atoms with Gasteiger partial charge in [0.05, 0.1) is 12.0 Å². The number of carboxylic acids is 1. The van der Waals surface area contributed by atoms with Gasteiger partial charge in [0, 0.05) is 5.56 Å². The molecule has 0 amide bonds. The molecule has 0 unspecified atom stereocenters. The van der Waals surface area contributed by atoms with Crippen molar-refractivity contribution in [3.8, 4) is 5.75 Å². The second-order valence-electron chi connectivity index (χ2n) is 3.05. The molecule has 17 heavy (non-hydrogen) atoms. The van der Waals surface area contributed by atoms with Gasteiger partial charge in [-0.1, -0.05) is 0 Å². The minimum Gasteiger partial charge on any atom is -0.481 e. The monoisotopic (exact) mass is 248 g/mol. The molecule has 0 radical (unpaired) electrons. The Kier molecular flexibility index (Phi) is 4.08. The number of carbonyl (C=O) groups is 2. The first-order valence-electron chi connectivity index (χ1n) is 4.38. The highest BCUT2D eigenvalue weighted by Crippen LogP contribution is 2.22. The molecule has 92 valence electrons. The van der Waals surface area contributed by atoms with Crippen molar-refractivity contribution >= 4 is 12.3 Å². The van der Waals surface area contributed by atoms with E-state index in [1.165, 1.54) is 0 Å². The van der Waals surface area contributed by atoms with Crippen molar-refractivity contribution in [3.63, 3.8) is 0 Å². The van der Waals surface area contributed by atoms with Crippen molar-refractivity contribution in [2.45, 2.75) is 13.0 Å². The average Bonchev–Trinajstić information content (AvgIpc) is 2.21. The third-order valence-electron chi connectivity index (χ3n) is 1.84. The van der Waals surface area contributed by atoms with Gasteiger partial charge >= 0.3 is 12.6 Å². The second-order valence-corrected chi connectivity index (χ2v) is 3.05. The van der Waals surface area contributed by atoms with Gasteiger partial charge in [-0.3, -0.25) is 9.59 Å². The predicted molar refractivity (Wildman–Crippen MR) is 49.8 cm³/mol. The summed E-state index contributed by atoms with van der Waals surface area (Å²) in [6, 6.07) is 1.60. The van der Waals surface area contributed by atoms with E-state index < -0.39 is 41.7 Å². The maximum atomic E-state index is 13.4. The smallest absolute Gasteiger partial charge is 0.387 e. The summed E-state index contributed by atoms with van der Waals surface area (Å²) in [7, 11) is 0. The van der Waals surface area contributed by atoms with Crippen LogP contribution in [0.1, 0.15) is 15.9 Å². The molecule has 0 saturated heterocycles. The van der Waals surface area contributed by atoms with Crippen LogP contribution in [0.2, 0.25) is 0 Å². The zero-order chi connectivity index (χ0) is 13.0. The summed E-state index contributed by atoms with van der Waals surface area (Å²) in [6.07, 6.45) is -0.633. The van der Waals surface area contributed by atoms with Crippen LogP contribution in [0.4, 0.5) is 13.2 Å².